The van der Waals surface area contributed by atoms with Crippen LogP contribution in [-0.4, -0.2) is 15.9 Å². The van der Waals surface area contributed by atoms with Crippen molar-refractivity contribution in [1.82, 2.24) is 0 Å². The molecule has 6 nitrogen and oxygen atoms in total. The number of amides is 1. The molecule has 3 rings (SSSR count). The van der Waals surface area contributed by atoms with Gasteiger partial charge in [-0.2, -0.15) is 0 Å². The smallest absolute Gasteiger partial charge is 0.296 e. The van der Waals surface area contributed by atoms with Gasteiger partial charge in [0.2, 0.25) is 0 Å². The number of aromatic hydroxyl groups is 1. The van der Waals surface area contributed by atoms with Crippen LogP contribution in [0.15, 0.2) is 60.7 Å². The summed E-state index contributed by atoms with van der Waals surface area (Å²) in [6.45, 7) is 0. The maximum absolute atomic E-state index is 12.3. The van der Waals surface area contributed by atoms with Gasteiger partial charge in [-0.15, -0.1) is 0 Å². The standard InChI is InChI=1S/C17H12N2O4/c20-15-7-3-6-14(19(22)23)16(15)18-17(21)13-9-8-11-4-1-2-5-12(11)10-13/h1-10,20H,(H,18,21). The first-order chi connectivity index (χ1) is 11.1. The number of para-hydroxylation sites is 1. The topological polar surface area (TPSA) is 92.5 Å². The number of carbonyl (C=O) groups is 1. The lowest BCUT2D eigenvalue weighted by Gasteiger charge is -2.08. The minimum atomic E-state index is -0.657. The Morgan fingerprint density at radius 1 is 1.00 bits per heavy atom. The number of carbonyl (C=O) groups excluding carboxylic acids is 1. The number of phenolic OH excluding ortho intramolecular Hbond substituents is 1. The third kappa shape index (κ3) is 2.82. The second kappa shape index (κ2) is 5.76. The third-order valence-corrected chi connectivity index (χ3v) is 3.47. The monoisotopic (exact) mass is 308 g/mol. The summed E-state index contributed by atoms with van der Waals surface area (Å²) in [6, 6.07) is 16.5. The molecule has 0 saturated heterocycles. The molecule has 0 radical (unpaired) electrons. The first kappa shape index (κ1) is 14.5. The highest BCUT2D eigenvalue weighted by Crippen LogP contribution is 2.33. The van der Waals surface area contributed by atoms with Crippen molar-refractivity contribution in [1.29, 1.82) is 0 Å². The predicted molar refractivity (Wildman–Crippen MR) is 86.7 cm³/mol. The molecule has 0 aromatic heterocycles. The van der Waals surface area contributed by atoms with Crippen molar-refractivity contribution in [2.75, 3.05) is 5.32 Å². The number of hydrogen-bond donors (Lipinski definition) is 2. The normalized spacial score (nSPS) is 10.4. The van der Waals surface area contributed by atoms with Crippen LogP contribution in [0.2, 0.25) is 0 Å². The van der Waals surface area contributed by atoms with Gasteiger partial charge >= 0.3 is 0 Å². The maximum atomic E-state index is 12.3. The Kier molecular flexibility index (Phi) is 3.64. The van der Waals surface area contributed by atoms with E-state index in [1.165, 1.54) is 18.2 Å². The van der Waals surface area contributed by atoms with E-state index in [0.29, 0.717) is 5.56 Å². The quantitative estimate of drug-likeness (QED) is 0.438. The lowest BCUT2D eigenvalue weighted by molar-refractivity contribution is -0.384. The fourth-order valence-corrected chi connectivity index (χ4v) is 2.32. The number of nitrogens with zero attached hydrogens (tertiary/aromatic N) is 1. The number of nitrogens with one attached hydrogen (secondary N) is 1. The highest BCUT2D eigenvalue weighted by Gasteiger charge is 2.20. The van der Waals surface area contributed by atoms with Crippen molar-refractivity contribution in [3.8, 4) is 5.75 Å². The van der Waals surface area contributed by atoms with Crippen LogP contribution in [0.5, 0.6) is 5.75 Å². The first-order valence-corrected chi connectivity index (χ1v) is 6.83. The average Bonchev–Trinajstić information content (AvgIpc) is 2.56. The molecule has 23 heavy (non-hydrogen) atoms. The molecule has 3 aromatic carbocycles. The van der Waals surface area contributed by atoms with Crippen LogP contribution in [0.4, 0.5) is 11.4 Å². The fraction of sp³-hybridized carbons (Fsp3) is 0. The van der Waals surface area contributed by atoms with E-state index in [0.717, 1.165) is 10.8 Å². The Morgan fingerprint density at radius 2 is 1.74 bits per heavy atom. The molecule has 114 valence electrons. The lowest BCUT2D eigenvalue weighted by atomic mass is 10.1. The van der Waals surface area contributed by atoms with Crippen LogP contribution in [0.1, 0.15) is 10.4 Å². The molecule has 0 aliphatic rings. The number of nitro benzene ring substituents is 1. The molecule has 0 saturated carbocycles. The molecule has 0 heterocycles. The van der Waals surface area contributed by atoms with E-state index in [1.807, 2.05) is 24.3 Å². The van der Waals surface area contributed by atoms with Gasteiger partial charge in [0, 0.05) is 11.6 Å². The minimum Gasteiger partial charge on any atom is -0.505 e. The van der Waals surface area contributed by atoms with Crippen molar-refractivity contribution < 1.29 is 14.8 Å². The third-order valence-electron chi connectivity index (χ3n) is 3.47. The van der Waals surface area contributed by atoms with Gasteiger partial charge in [-0.3, -0.25) is 14.9 Å². The molecule has 0 aliphatic heterocycles. The van der Waals surface area contributed by atoms with E-state index in [1.54, 1.807) is 18.2 Å². The molecular formula is C17H12N2O4. The van der Waals surface area contributed by atoms with E-state index in [2.05, 4.69) is 5.32 Å². The SMILES string of the molecule is O=C(Nc1c(O)cccc1[N+](=O)[O-])c1ccc2ccccc2c1. The van der Waals surface area contributed by atoms with Gasteiger partial charge in [-0.1, -0.05) is 36.4 Å². The van der Waals surface area contributed by atoms with Gasteiger partial charge in [0.05, 0.1) is 4.92 Å². The summed E-state index contributed by atoms with van der Waals surface area (Å²) in [5.41, 5.74) is -0.226. The lowest BCUT2D eigenvalue weighted by Crippen LogP contribution is -2.13. The van der Waals surface area contributed by atoms with Crippen LogP contribution >= 0.6 is 0 Å². The summed E-state index contributed by atoms with van der Waals surface area (Å²) in [7, 11) is 0. The zero-order valence-electron chi connectivity index (χ0n) is 11.9. The zero-order chi connectivity index (χ0) is 16.4. The molecule has 0 bridgehead atoms. The molecule has 6 heteroatoms. The van der Waals surface area contributed by atoms with Gasteiger partial charge < -0.3 is 10.4 Å². The predicted octanol–water partition coefficient (Wildman–Crippen LogP) is 3.71. The number of hydrogen-bond acceptors (Lipinski definition) is 4. The second-order valence-corrected chi connectivity index (χ2v) is 4.94. The van der Waals surface area contributed by atoms with E-state index in [-0.39, 0.29) is 17.1 Å². The zero-order valence-corrected chi connectivity index (χ0v) is 11.9. The summed E-state index contributed by atoms with van der Waals surface area (Å²) >= 11 is 0. The largest absolute Gasteiger partial charge is 0.505 e. The molecule has 0 atom stereocenters. The summed E-state index contributed by atoms with van der Waals surface area (Å²) in [5, 5.41) is 25.1. The van der Waals surface area contributed by atoms with E-state index >= 15 is 0 Å². The molecule has 1 amide bonds. The molecule has 0 aliphatic carbocycles. The van der Waals surface area contributed by atoms with Crippen molar-refractivity contribution in [3.05, 3.63) is 76.3 Å². The summed E-state index contributed by atoms with van der Waals surface area (Å²) in [6.07, 6.45) is 0. The van der Waals surface area contributed by atoms with Gasteiger partial charge in [0.1, 0.15) is 5.75 Å². The summed E-state index contributed by atoms with van der Waals surface area (Å²) < 4.78 is 0. The van der Waals surface area contributed by atoms with Gasteiger partial charge in [-0.25, -0.2) is 0 Å². The van der Waals surface area contributed by atoms with Gasteiger partial charge in [0.15, 0.2) is 5.69 Å². The highest BCUT2D eigenvalue weighted by atomic mass is 16.6. The second-order valence-electron chi connectivity index (χ2n) is 4.94. The van der Waals surface area contributed by atoms with Crippen LogP contribution < -0.4 is 5.32 Å². The number of phenols is 1. The summed E-state index contributed by atoms with van der Waals surface area (Å²) in [5.74, 6) is -0.881. The molecule has 0 unspecified atom stereocenters. The molecule has 0 spiro atoms. The number of benzene rings is 3. The minimum absolute atomic E-state index is 0.212. The van der Waals surface area contributed by atoms with Crippen molar-refractivity contribution in [2.24, 2.45) is 0 Å². The van der Waals surface area contributed by atoms with Crippen molar-refractivity contribution in [3.63, 3.8) is 0 Å². The Balaban J connectivity index is 1.96. The molecule has 3 aromatic rings. The van der Waals surface area contributed by atoms with E-state index in [4.69, 9.17) is 0 Å². The van der Waals surface area contributed by atoms with E-state index < -0.39 is 10.8 Å². The highest BCUT2D eigenvalue weighted by molar-refractivity contribution is 6.08. The Morgan fingerprint density at radius 3 is 2.48 bits per heavy atom. The molecular weight excluding hydrogens is 296 g/mol. The van der Waals surface area contributed by atoms with Crippen LogP contribution in [0.3, 0.4) is 0 Å². The number of anilines is 1. The van der Waals surface area contributed by atoms with Crippen LogP contribution in [-0.2, 0) is 0 Å². The Hall–Kier alpha value is -3.41. The average molecular weight is 308 g/mol. The Bertz CT molecular complexity index is 921. The van der Waals surface area contributed by atoms with E-state index in [9.17, 15) is 20.0 Å². The van der Waals surface area contributed by atoms with Crippen molar-refractivity contribution >= 4 is 28.1 Å². The van der Waals surface area contributed by atoms with Crippen LogP contribution in [0.25, 0.3) is 10.8 Å². The summed E-state index contributed by atoms with van der Waals surface area (Å²) in [4.78, 5) is 22.7. The van der Waals surface area contributed by atoms with Gasteiger partial charge in [0.25, 0.3) is 11.6 Å². The number of fused-ring (bicyclic) bond motifs is 1. The fourth-order valence-electron chi connectivity index (χ4n) is 2.32. The first-order valence-electron chi connectivity index (χ1n) is 6.83. The molecule has 0 fully saturated rings. The van der Waals surface area contributed by atoms with Gasteiger partial charge in [-0.05, 0) is 29.0 Å². The number of nitro groups is 1. The molecule has 2 N–H and O–H groups in total. The Labute approximate surface area is 131 Å². The van der Waals surface area contributed by atoms with Crippen LogP contribution in [0, 0.1) is 10.1 Å². The number of rotatable bonds is 3. The van der Waals surface area contributed by atoms with Crippen molar-refractivity contribution in [2.45, 2.75) is 0 Å². The maximum Gasteiger partial charge on any atom is 0.296 e.